The Bertz CT molecular complexity index is 888. The summed E-state index contributed by atoms with van der Waals surface area (Å²) in [5, 5.41) is 0. The van der Waals surface area contributed by atoms with Crippen molar-refractivity contribution in [2.24, 2.45) is 0 Å². The molecule has 1 aliphatic rings. The number of benzene rings is 2. The minimum atomic E-state index is -3.58. The van der Waals surface area contributed by atoms with Crippen LogP contribution in [0.4, 0.5) is 5.69 Å². The van der Waals surface area contributed by atoms with E-state index in [1.807, 2.05) is 18.2 Å². The summed E-state index contributed by atoms with van der Waals surface area (Å²) in [5.74, 6) is -0.0780. The van der Waals surface area contributed by atoms with Crippen LogP contribution in [0.25, 0.3) is 0 Å². The third-order valence-corrected chi connectivity index (χ3v) is 5.96. The molecule has 7 heteroatoms. The summed E-state index contributed by atoms with van der Waals surface area (Å²) >= 11 is 0. The number of para-hydroxylation sites is 1. The van der Waals surface area contributed by atoms with E-state index in [9.17, 15) is 13.2 Å². The van der Waals surface area contributed by atoms with Gasteiger partial charge in [-0.1, -0.05) is 24.3 Å². The summed E-state index contributed by atoms with van der Waals surface area (Å²) < 4.78 is 26.6. The number of carbonyl (C=O) groups is 1. The molecule has 1 fully saturated rings. The summed E-state index contributed by atoms with van der Waals surface area (Å²) in [4.78, 5) is 16.9. The normalized spacial score (nSPS) is 14.8. The second-order valence-corrected chi connectivity index (χ2v) is 8.05. The molecular weight excluding hydrogens is 362 g/mol. The minimum Gasteiger partial charge on any atom is -0.368 e. The molecule has 0 spiro atoms. The predicted molar refractivity (Wildman–Crippen MR) is 106 cm³/mol. The molecule has 0 unspecified atom stereocenters. The maximum Gasteiger partial charge on any atom is 0.253 e. The van der Waals surface area contributed by atoms with Gasteiger partial charge < -0.3 is 9.80 Å². The van der Waals surface area contributed by atoms with Gasteiger partial charge in [0.1, 0.15) is 0 Å². The van der Waals surface area contributed by atoms with E-state index in [1.165, 1.54) is 18.2 Å². The molecule has 0 bridgehead atoms. The summed E-state index contributed by atoms with van der Waals surface area (Å²) in [5.41, 5.74) is 1.65. The predicted octanol–water partition coefficient (Wildman–Crippen LogP) is 2.11. The first-order valence-electron chi connectivity index (χ1n) is 8.81. The van der Waals surface area contributed by atoms with E-state index in [2.05, 4.69) is 28.3 Å². The Balaban J connectivity index is 1.62. The lowest BCUT2D eigenvalue weighted by molar-refractivity contribution is 0.0746. The highest BCUT2D eigenvalue weighted by atomic mass is 32.2. The summed E-state index contributed by atoms with van der Waals surface area (Å²) in [6.07, 6.45) is 1.48. The van der Waals surface area contributed by atoms with Crippen LogP contribution in [0.3, 0.4) is 0 Å². The average molecular weight is 385 g/mol. The van der Waals surface area contributed by atoms with Crippen LogP contribution in [0.5, 0.6) is 0 Å². The molecule has 27 heavy (non-hydrogen) atoms. The largest absolute Gasteiger partial charge is 0.368 e. The Morgan fingerprint density at radius 2 is 1.63 bits per heavy atom. The van der Waals surface area contributed by atoms with Crippen LogP contribution in [0, 0.1) is 0 Å². The fourth-order valence-corrected chi connectivity index (χ4v) is 4.02. The molecule has 1 heterocycles. The molecule has 2 aromatic rings. The molecule has 0 radical (unpaired) electrons. The molecule has 1 amide bonds. The zero-order chi connectivity index (χ0) is 19.3. The van der Waals surface area contributed by atoms with Crippen molar-refractivity contribution in [1.29, 1.82) is 0 Å². The number of carbonyl (C=O) groups excluding carboxylic acids is 1. The lowest BCUT2D eigenvalue weighted by Crippen LogP contribution is -2.48. The van der Waals surface area contributed by atoms with Gasteiger partial charge in [-0.3, -0.25) is 4.79 Å². The van der Waals surface area contributed by atoms with Gasteiger partial charge in [-0.25, -0.2) is 13.1 Å². The number of nitrogens with one attached hydrogen (secondary N) is 1. The monoisotopic (exact) mass is 385 g/mol. The number of piperazine rings is 1. The number of rotatable bonds is 6. The molecule has 142 valence electrons. The van der Waals surface area contributed by atoms with Gasteiger partial charge in [-0.15, -0.1) is 6.58 Å². The Morgan fingerprint density at radius 1 is 1.00 bits per heavy atom. The van der Waals surface area contributed by atoms with Gasteiger partial charge in [-0.05, 0) is 36.4 Å². The lowest BCUT2D eigenvalue weighted by Gasteiger charge is -2.36. The first-order valence-corrected chi connectivity index (χ1v) is 10.3. The van der Waals surface area contributed by atoms with Crippen LogP contribution in [0.1, 0.15) is 10.4 Å². The number of hydrogen-bond donors (Lipinski definition) is 1. The van der Waals surface area contributed by atoms with Crippen molar-refractivity contribution in [2.75, 3.05) is 37.6 Å². The maximum absolute atomic E-state index is 12.7. The van der Waals surface area contributed by atoms with Crippen LogP contribution in [0.15, 0.2) is 72.1 Å². The van der Waals surface area contributed by atoms with Gasteiger partial charge in [0.25, 0.3) is 5.91 Å². The van der Waals surface area contributed by atoms with E-state index in [4.69, 9.17) is 0 Å². The highest BCUT2D eigenvalue weighted by Gasteiger charge is 2.23. The van der Waals surface area contributed by atoms with E-state index >= 15 is 0 Å². The first-order chi connectivity index (χ1) is 13.0. The quantitative estimate of drug-likeness (QED) is 0.774. The van der Waals surface area contributed by atoms with Crippen molar-refractivity contribution in [2.45, 2.75) is 4.90 Å². The SMILES string of the molecule is C=CCNS(=O)(=O)c1ccc(C(=O)N2CCN(c3ccccc3)CC2)cc1. The van der Waals surface area contributed by atoms with Crippen LogP contribution in [0.2, 0.25) is 0 Å². The third kappa shape index (κ3) is 4.56. The van der Waals surface area contributed by atoms with E-state index in [0.717, 1.165) is 18.8 Å². The molecule has 0 aromatic heterocycles. The topological polar surface area (TPSA) is 69.7 Å². The third-order valence-electron chi connectivity index (χ3n) is 4.52. The van der Waals surface area contributed by atoms with Gasteiger partial charge in [-0.2, -0.15) is 0 Å². The van der Waals surface area contributed by atoms with Crippen molar-refractivity contribution in [3.05, 3.63) is 72.8 Å². The van der Waals surface area contributed by atoms with E-state index < -0.39 is 10.0 Å². The Morgan fingerprint density at radius 3 is 2.22 bits per heavy atom. The molecule has 1 saturated heterocycles. The second-order valence-electron chi connectivity index (χ2n) is 6.28. The minimum absolute atomic E-state index is 0.0780. The van der Waals surface area contributed by atoms with E-state index in [0.29, 0.717) is 18.7 Å². The van der Waals surface area contributed by atoms with Crippen LogP contribution in [-0.2, 0) is 10.0 Å². The molecule has 6 nitrogen and oxygen atoms in total. The molecule has 2 aromatic carbocycles. The molecule has 1 N–H and O–H groups in total. The number of hydrogen-bond acceptors (Lipinski definition) is 4. The molecular formula is C20H23N3O3S. The number of anilines is 1. The Kier molecular flexibility index (Phi) is 5.93. The van der Waals surface area contributed by atoms with Crippen LogP contribution < -0.4 is 9.62 Å². The van der Waals surface area contributed by atoms with Crippen molar-refractivity contribution in [1.82, 2.24) is 9.62 Å². The van der Waals surface area contributed by atoms with Crippen molar-refractivity contribution in [3.63, 3.8) is 0 Å². The number of sulfonamides is 1. The van der Waals surface area contributed by atoms with Crippen LogP contribution >= 0.6 is 0 Å². The average Bonchev–Trinajstić information content (AvgIpc) is 2.72. The smallest absolute Gasteiger partial charge is 0.253 e. The fraction of sp³-hybridized carbons (Fsp3) is 0.250. The van der Waals surface area contributed by atoms with Crippen molar-refractivity contribution in [3.8, 4) is 0 Å². The first kappa shape index (κ1) is 19.1. The van der Waals surface area contributed by atoms with Gasteiger partial charge in [0, 0.05) is 44.0 Å². The standard InChI is InChI=1S/C20H23N3O3S/c1-2-12-21-27(25,26)19-10-8-17(9-11-19)20(24)23-15-13-22(14-16-23)18-6-4-3-5-7-18/h2-11,21H,1,12-16H2. The van der Waals surface area contributed by atoms with Gasteiger partial charge >= 0.3 is 0 Å². The Labute approximate surface area is 160 Å². The number of nitrogens with zero attached hydrogens (tertiary/aromatic N) is 2. The molecule has 0 atom stereocenters. The van der Waals surface area contributed by atoms with Gasteiger partial charge in [0.05, 0.1) is 4.90 Å². The zero-order valence-electron chi connectivity index (χ0n) is 15.0. The van der Waals surface area contributed by atoms with Crippen molar-refractivity contribution >= 4 is 21.6 Å². The van der Waals surface area contributed by atoms with Crippen molar-refractivity contribution < 1.29 is 13.2 Å². The Hall–Kier alpha value is -2.64. The molecule has 0 saturated carbocycles. The van der Waals surface area contributed by atoms with Gasteiger partial charge in [0.2, 0.25) is 10.0 Å². The van der Waals surface area contributed by atoms with Gasteiger partial charge in [0.15, 0.2) is 0 Å². The highest BCUT2D eigenvalue weighted by Crippen LogP contribution is 2.17. The highest BCUT2D eigenvalue weighted by molar-refractivity contribution is 7.89. The van der Waals surface area contributed by atoms with Crippen LogP contribution in [-0.4, -0.2) is 51.9 Å². The number of amides is 1. The second kappa shape index (κ2) is 8.37. The molecule has 0 aliphatic carbocycles. The summed E-state index contributed by atoms with van der Waals surface area (Å²) in [6, 6.07) is 16.2. The summed E-state index contributed by atoms with van der Waals surface area (Å²) in [6.45, 7) is 6.46. The molecule has 3 rings (SSSR count). The summed E-state index contributed by atoms with van der Waals surface area (Å²) in [7, 11) is -3.58. The fourth-order valence-electron chi connectivity index (χ4n) is 3.02. The molecule has 1 aliphatic heterocycles. The van der Waals surface area contributed by atoms with E-state index in [1.54, 1.807) is 17.0 Å². The van der Waals surface area contributed by atoms with E-state index in [-0.39, 0.29) is 17.3 Å². The zero-order valence-corrected chi connectivity index (χ0v) is 15.9. The lowest BCUT2D eigenvalue weighted by atomic mass is 10.1. The maximum atomic E-state index is 12.7.